The van der Waals surface area contributed by atoms with E-state index >= 15 is 0 Å². The summed E-state index contributed by atoms with van der Waals surface area (Å²) in [5.41, 5.74) is 7.29. The van der Waals surface area contributed by atoms with E-state index < -0.39 is 11.9 Å². The van der Waals surface area contributed by atoms with Crippen molar-refractivity contribution in [2.45, 2.75) is 33.7 Å². The highest BCUT2D eigenvalue weighted by Gasteiger charge is 2.25. The van der Waals surface area contributed by atoms with Crippen molar-refractivity contribution in [2.75, 3.05) is 17.7 Å². The molecule has 0 atom stereocenters. The zero-order valence-electron chi connectivity index (χ0n) is 15.4. The van der Waals surface area contributed by atoms with Gasteiger partial charge in [-0.1, -0.05) is 0 Å². The van der Waals surface area contributed by atoms with Crippen LogP contribution in [0, 0.1) is 6.92 Å². The summed E-state index contributed by atoms with van der Waals surface area (Å²) >= 11 is 1.10. The zero-order valence-corrected chi connectivity index (χ0v) is 16.2. The SMILES string of the molecule is CCOC(=O)c1cc(C)nc2sc(C(=O)Nc3c[n+](C(C)C)no3)c(N)c12. The van der Waals surface area contributed by atoms with E-state index in [0.29, 0.717) is 21.5 Å². The Hall–Kier alpha value is -3.01. The van der Waals surface area contributed by atoms with Gasteiger partial charge < -0.3 is 10.5 Å². The van der Waals surface area contributed by atoms with Gasteiger partial charge in [0.15, 0.2) is 6.04 Å². The number of ether oxygens (including phenoxy) is 1. The summed E-state index contributed by atoms with van der Waals surface area (Å²) in [7, 11) is 0. The van der Waals surface area contributed by atoms with Crippen molar-refractivity contribution in [3.05, 3.63) is 28.4 Å². The lowest BCUT2D eigenvalue weighted by atomic mass is 10.1. The van der Waals surface area contributed by atoms with Crippen molar-refractivity contribution in [3.8, 4) is 0 Å². The predicted molar refractivity (Wildman–Crippen MR) is 99.8 cm³/mol. The number of carbonyl (C=O) groups is 2. The quantitative estimate of drug-likeness (QED) is 0.506. The Morgan fingerprint density at radius 3 is 2.81 bits per heavy atom. The molecule has 3 aromatic heterocycles. The number of esters is 1. The summed E-state index contributed by atoms with van der Waals surface area (Å²) in [4.78, 5) is 30.0. The highest BCUT2D eigenvalue weighted by molar-refractivity contribution is 7.21. The number of hydrogen-bond donors (Lipinski definition) is 2. The molecule has 0 aliphatic rings. The average molecular weight is 390 g/mol. The van der Waals surface area contributed by atoms with Crippen LogP contribution in [-0.4, -0.2) is 28.7 Å². The van der Waals surface area contributed by atoms with Crippen LogP contribution in [0.2, 0.25) is 0 Å². The summed E-state index contributed by atoms with van der Waals surface area (Å²) in [6, 6.07) is 1.70. The van der Waals surface area contributed by atoms with Crippen molar-refractivity contribution in [3.63, 3.8) is 0 Å². The van der Waals surface area contributed by atoms with E-state index in [1.165, 1.54) is 0 Å². The fraction of sp³-hybridized carbons (Fsp3) is 0.353. The lowest BCUT2D eigenvalue weighted by molar-refractivity contribution is -0.779. The number of nitrogens with one attached hydrogen (secondary N) is 1. The molecule has 10 heteroatoms. The second-order valence-corrected chi connectivity index (χ2v) is 7.15. The third kappa shape index (κ3) is 3.61. The molecule has 0 bridgehead atoms. The average Bonchev–Trinajstić information content (AvgIpc) is 3.19. The number of aryl methyl sites for hydroxylation is 1. The first-order valence-electron chi connectivity index (χ1n) is 8.38. The number of nitrogen functional groups attached to an aromatic ring is 1. The number of thiophene rings is 1. The van der Waals surface area contributed by atoms with Crippen molar-refractivity contribution in [1.29, 1.82) is 0 Å². The van der Waals surface area contributed by atoms with Crippen LogP contribution in [0.15, 0.2) is 16.8 Å². The van der Waals surface area contributed by atoms with Gasteiger partial charge in [-0.05, 0) is 38.4 Å². The number of fused-ring (bicyclic) bond motifs is 1. The van der Waals surface area contributed by atoms with Crippen molar-refractivity contribution >= 4 is 45.0 Å². The second kappa shape index (κ2) is 7.31. The van der Waals surface area contributed by atoms with Crippen molar-refractivity contribution in [2.24, 2.45) is 0 Å². The predicted octanol–water partition coefficient (Wildman–Crippen LogP) is 2.47. The molecule has 0 radical (unpaired) electrons. The van der Waals surface area contributed by atoms with Crippen LogP contribution in [0.25, 0.3) is 10.2 Å². The van der Waals surface area contributed by atoms with E-state index in [1.807, 2.05) is 13.8 Å². The van der Waals surface area contributed by atoms with Gasteiger partial charge in [0.25, 0.3) is 12.1 Å². The Morgan fingerprint density at radius 1 is 1.44 bits per heavy atom. The molecule has 0 saturated heterocycles. The minimum Gasteiger partial charge on any atom is -0.462 e. The zero-order chi connectivity index (χ0) is 19.7. The standard InChI is InChI=1S/C17H19N5O4S/c1-5-25-17(24)10-6-9(4)19-16-12(10)13(18)14(27-16)15(23)20-11-7-22(8(2)3)21-26-11/h6-8H,5H2,1-4H3,(H2-,18,20,21,23)/p+1. The first kappa shape index (κ1) is 18.8. The number of carbonyl (C=O) groups excluding carboxylic acids is 2. The molecule has 3 aromatic rings. The Balaban J connectivity index is 1.99. The van der Waals surface area contributed by atoms with Crippen LogP contribution in [0.4, 0.5) is 11.6 Å². The van der Waals surface area contributed by atoms with Crippen molar-refractivity contribution < 1.29 is 23.5 Å². The molecule has 0 fully saturated rings. The first-order valence-corrected chi connectivity index (χ1v) is 9.19. The molecule has 3 heterocycles. The van der Waals surface area contributed by atoms with Gasteiger partial charge in [0.2, 0.25) is 5.27 Å². The molecule has 0 aliphatic carbocycles. The maximum atomic E-state index is 12.7. The van der Waals surface area contributed by atoms with Gasteiger partial charge in [-0.15, -0.1) is 11.3 Å². The number of aromatic nitrogens is 3. The third-order valence-corrected chi connectivity index (χ3v) is 4.88. The van der Waals surface area contributed by atoms with Gasteiger partial charge in [0, 0.05) is 11.1 Å². The largest absolute Gasteiger partial charge is 0.462 e. The molecule has 27 heavy (non-hydrogen) atoms. The van der Waals surface area contributed by atoms with Crippen molar-refractivity contribution in [1.82, 2.24) is 10.3 Å². The van der Waals surface area contributed by atoms with Crippen LogP contribution in [-0.2, 0) is 4.74 Å². The molecule has 142 valence electrons. The van der Waals surface area contributed by atoms with E-state index in [9.17, 15) is 9.59 Å². The van der Waals surface area contributed by atoms with Gasteiger partial charge in [-0.25, -0.2) is 9.78 Å². The van der Waals surface area contributed by atoms with Crippen LogP contribution in [0.1, 0.15) is 52.5 Å². The number of nitrogens with two attached hydrogens (primary N) is 1. The van der Waals surface area contributed by atoms with Crippen LogP contribution in [0.3, 0.4) is 0 Å². The maximum Gasteiger partial charge on any atom is 0.338 e. The minimum atomic E-state index is -0.502. The molecule has 1 amide bonds. The van der Waals surface area contributed by atoms with Gasteiger partial charge >= 0.3 is 11.9 Å². The Bertz CT molecular complexity index is 1020. The second-order valence-electron chi connectivity index (χ2n) is 6.15. The first-order chi connectivity index (χ1) is 12.8. The highest BCUT2D eigenvalue weighted by Crippen LogP contribution is 2.36. The van der Waals surface area contributed by atoms with E-state index in [1.54, 1.807) is 30.8 Å². The van der Waals surface area contributed by atoms with Gasteiger partial charge in [-0.3, -0.25) is 14.6 Å². The minimum absolute atomic E-state index is 0.0908. The topological polar surface area (TPSA) is 124 Å². The number of anilines is 2. The molecular weight excluding hydrogens is 370 g/mol. The number of hydrogen-bond acceptors (Lipinski definition) is 8. The van der Waals surface area contributed by atoms with E-state index in [2.05, 4.69) is 15.6 Å². The molecule has 0 spiro atoms. The fourth-order valence-electron chi connectivity index (χ4n) is 2.51. The Morgan fingerprint density at radius 2 is 2.19 bits per heavy atom. The molecule has 0 aromatic carbocycles. The smallest absolute Gasteiger partial charge is 0.338 e. The lowest BCUT2D eigenvalue weighted by Gasteiger charge is -2.05. The fourth-order valence-corrected chi connectivity index (χ4v) is 3.57. The summed E-state index contributed by atoms with van der Waals surface area (Å²) in [5, 5.41) is 6.86. The molecule has 3 rings (SSSR count). The van der Waals surface area contributed by atoms with E-state index in [-0.39, 0.29) is 29.1 Å². The molecule has 3 N–H and O–H groups in total. The molecule has 0 unspecified atom stereocenters. The highest BCUT2D eigenvalue weighted by atomic mass is 32.1. The number of rotatable bonds is 5. The number of amides is 1. The Labute approximate surface area is 159 Å². The third-order valence-electron chi connectivity index (χ3n) is 3.78. The maximum absolute atomic E-state index is 12.7. The molecular formula is C17H20N5O4S+. The summed E-state index contributed by atoms with van der Waals surface area (Å²) < 4.78 is 11.8. The lowest BCUT2D eigenvalue weighted by Crippen LogP contribution is -2.36. The van der Waals surface area contributed by atoms with Gasteiger partial charge in [-0.2, -0.15) is 0 Å². The number of pyridine rings is 1. The normalized spacial score (nSPS) is 11.1. The summed E-state index contributed by atoms with van der Waals surface area (Å²) in [6.07, 6.45) is 1.58. The molecule has 0 saturated carbocycles. The van der Waals surface area contributed by atoms with Crippen LogP contribution >= 0.6 is 11.3 Å². The molecule has 0 aliphatic heterocycles. The van der Waals surface area contributed by atoms with E-state index in [4.69, 9.17) is 15.0 Å². The van der Waals surface area contributed by atoms with Crippen LogP contribution < -0.4 is 15.7 Å². The summed E-state index contributed by atoms with van der Waals surface area (Å²) in [6.45, 7) is 7.59. The summed E-state index contributed by atoms with van der Waals surface area (Å²) in [5.74, 6) is -0.770. The molecule has 9 nitrogen and oxygen atoms in total. The van der Waals surface area contributed by atoms with E-state index in [0.717, 1.165) is 11.3 Å². The van der Waals surface area contributed by atoms with Gasteiger partial charge in [0.05, 0.1) is 17.9 Å². The monoisotopic (exact) mass is 390 g/mol. The van der Waals surface area contributed by atoms with Gasteiger partial charge in [0.1, 0.15) is 9.71 Å². The number of nitrogens with zero attached hydrogens (tertiary/aromatic N) is 3. The Kier molecular flexibility index (Phi) is 5.08. The van der Waals surface area contributed by atoms with Crippen LogP contribution in [0.5, 0.6) is 0 Å².